The van der Waals surface area contributed by atoms with Gasteiger partial charge in [-0.25, -0.2) is 14.0 Å². The standard InChI is InChI=1S/C19H20FN3O3/c1-11-9-13(20)7-8-15(11)22-17(24)21-14-6-4-5-12(10-14)16-19(2,3)26-18(25)23-16/h4-10,16H,1-3H3,(H,23,25)(H2,21,22,24). The molecule has 0 aliphatic carbocycles. The van der Waals surface area contributed by atoms with Gasteiger partial charge in [0.25, 0.3) is 0 Å². The second-order valence-corrected chi connectivity index (χ2v) is 6.73. The molecule has 26 heavy (non-hydrogen) atoms. The molecule has 6 nitrogen and oxygen atoms in total. The van der Waals surface area contributed by atoms with Gasteiger partial charge in [0.15, 0.2) is 0 Å². The number of halogens is 1. The van der Waals surface area contributed by atoms with E-state index in [0.717, 1.165) is 5.56 Å². The van der Waals surface area contributed by atoms with Crippen LogP contribution in [0.1, 0.15) is 31.0 Å². The second-order valence-electron chi connectivity index (χ2n) is 6.73. The molecule has 3 N–H and O–H groups in total. The van der Waals surface area contributed by atoms with Gasteiger partial charge in [0, 0.05) is 11.4 Å². The Labute approximate surface area is 150 Å². The smallest absolute Gasteiger partial charge is 0.408 e. The van der Waals surface area contributed by atoms with Crippen molar-refractivity contribution in [2.75, 3.05) is 10.6 Å². The van der Waals surface area contributed by atoms with E-state index >= 15 is 0 Å². The zero-order chi connectivity index (χ0) is 18.9. The number of anilines is 2. The molecule has 1 aliphatic rings. The van der Waals surface area contributed by atoms with Crippen molar-refractivity contribution in [2.24, 2.45) is 0 Å². The van der Waals surface area contributed by atoms with Gasteiger partial charge in [-0.2, -0.15) is 0 Å². The minimum Gasteiger partial charge on any atom is -0.441 e. The number of hydrogen-bond donors (Lipinski definition) is 3. The molecular weight excluding hydrogens is 337 g/mol. The summed E-state index contributed by atoms with van der Waals surface area (Å²) in [7, 11) is 0. The van der Waals surface area contributed by atoms with Crippen LogP contribution in [0.4, 0.5) is 25.4 Å². The molecule has 1 unspecified atom stereocenters. The lowest BCUT2D eigenvalue weighted by atomic mass is 9.92. The van der Waals surface area contributed by atoms with Crippen molar-refractivity contribution in [3.8, 4) is 0 Å². The van der Waals surface area contributed by atoms with Crippen LogP contribution < -0.4 is 16.0 Å². The van der Waals surface area contributed by atoms with Crippen molar-refractivity contribution < 1.29 is 18.7 Å². The Morgan fingerprint density at radius 3 is 2.62 bits per heavy atom. The lowest BCUT2D eigenvalue weighted by molar-refractivity contribution is 0.0684. The third kappa shape index (κ3) is 3.77. The normalized spacial score (nSPS) is 18.0. The summed E-state index contributed by atoms with van der Waals surface area (Å²) in [5.74, 6) is -0.357. The van der Waals surface area contributed by atoms with Crippen LogP contribution >= 0.6 is 0 Å². The topological polar surface area (TPSA) is 79.5 Å². The quantitative estimate of drug-likeness (QED) is 0.765. The van der Waals surface area contributed by atoms with E-state index in [1.165, 1.54) is 18.2 Å². The van der Waals surface area contributed by atoms with Gasteiger partial charge < -0.3 is 20.7 Å². The first-order chi connectivity index (χ1) is 12.2. The molecule has 1 atom stereocenters. The Morgan fingerprint density at radius 1 is 1.19 bits per heavy atom. The molecule has 0 aromatic heterocycles. The Kier molecular flexibility index (Phi) is 4.54. The van der Waals surface area contributed by atoms with Gasteiger partial charge in [-0.3, -0.25) is 0 Å². The fraction of sp³-hybridized carbons (Fsp3) is 0.263. The third-order valence-corrected chi connectivity index (χ3v) is 4.23. The van der Waals surface area contributed by atoms with E-state index in [4.69, 9.17) is 4.74 Å². The van der Waals surface area contributed by atoms with Gasteiger partial charge in [-0.1, -0.05) is 12.1 Å². The van der Waals surface area contributed by atoms with Gasteiger partial charge in [-0.05, 0) is 62.2 Å². The van der Waals surface area contributed by atoms with Gasteiger partial charge in [0.05, 0.1) is 6.04 Å². The first kappa shape index (κ1) is 17.7. The number of rotatable bonds is 3. The van der Waals surface area contributed by atoms with E-state index in [1.807, 2.05) is 19.9 Å². The molecule has 1 aliphatic heterocycles. The molecule has 0 radical (unpaired) electrons. The Morgan fingerprint density at radius 2 is 1.96 bits per heavy atom. The predicted octanol–water partition coefficient (Wildman–Crippen LogP) is 4.34. The number of aryl methyl sites for hydroxylation is 1. The van der Waals surface area contributed by atoms with Crippen LogP contribution in [0.5, 0.6) is 0 Å². The molecule has 1 heterocycles. The average Bonchev–Trinajstić information content (AvgIpc) is 2.83. The maximum absolute atomic E-state index is 13.1. The van der Waals surface area contributed by atoms with E-state index in [0.29, 0.717) is 16.9 Å². The van der Waals surface area contributed by atoms with Crippen molar-refractivity contribution in [1.82, 2.24) is 5.32 Å². The van der Waals surface area contributed by atoms with Gasteiger partial charge >= 0.3 is 12.1 Å². The summed E-state index contributed by atoms with van der Waals surface area (Å²) in [4.78, 5) is 23.7. The molecule has 7 heteroatoms. The van der Waals surface area contributed by atoms with E-state index < -0.39 is 17.7 Å². The number of carbonyl (C=O) groups excluding carboxylic acids is 2. The molecule has 1 saturated heterocycles. The number of carbonyl (C=O) groups is 2. The summed E-state index contributed by atoms with van der Waals surface area (Å²) in [6.45, 7) is 5.35. The van der Waals surface area contributed by atoms with Crippen LogP contribution in [0.2, 0.25) is 0 Å². The van der Waals surface area contributed by atoms with Crippen LogP contribution in [0.3, 0.4) is 0 Å². The van der Waals surface area contributed by atoms with Crippen molar-refractivity contribution >= 4 is 23.5 Å². The lowest BCUT2D eigenvalue weighted by Gasteiger charge is -2.24. The number of urea groups is 1. The molecular formula is C19H20FN3O3. The monoisotopic (exact) mass is 357 g/mol. The van der Waals surface area contributed by atoms with Crippen LogP contribution in [0.15, 0.2) is 42.5 Å². The third-order valence-electron chi connectivity index (χ3n) is 4.23. The summed E-state index contributed by atoms with van der Waals surface area (Å²) >= 11 is 0. The molecule has 2 aromatic rings. The molecule has 3 rings (SSSR count). The van der Waals surface area contributed by atoms with E-state index in [1.54, 1.807) is 25.1 Å². The lowest BCUT2D eigenvalue weighted by Crippen LogP contribution is -2.30. The van der Waals surface area contributed by atoms with Crippen LogP contribution in [0, 0.1) is 12.7 Å². The number of alkyl carbamates (subject to hydrolysis) is 1. The maximum atomic E-state index is 13.1. The summed E-state index contributed by atoms with van der Waals surface area (Å²) in [5, 5.41) is 8.19. The Bertz CT molecular complexity index is 867. The van der Waals surface area contributed by atoms with Crippen LogP contribution in [0.25, 0.3) is 0 Å². The maximum Gasteiger partial charge on any atom is 0.408 e. The molecule has 3 amide bonds. The number of ether oxygens (including phenoxy) is 1. The van der Waals surface area contributed by atoms with E-state index in [2.05, 4.69) is 16.0 Å². The number of nitrogens with one attached hydrogen (secondary N) is 3. The largest absolute Gasteiger partial charge is 0.441 e. The predicted molar refractivity (Wildman–Crippen MR) is 96.7 cm³/mol. The van der Waals surface area contributed by atoms with Gasteiger partial charge in [0.1, 0.15) is 11.4 Å². The van der Waals surface area contributed by atoms with E-state index in [-0.39, 0.29) is 11.9 Å². The van der Waals surface area contributed by atoms with Crippen molar-refractivity contribution in [3.05, 3.63) is 59.4 Å². The molecule has 0 spiro atoms. The zero-order valence-electron chi connectivity index (χ0n) is 14.7. The SMILES string of the molecule is Cc1cc(F)ccc1NC(=O)Nc1cccc(C2NC(=O)OC2(C)C)c1. The molecule has 2 aromatic carbocycles. The average molecular weight is 357 g/mol. The van der Waals surface area contributed by atoms with Crippen LogP contribution in [-0.4, -0.2) is 17.7 Å². The molecule has 0 saturated carbocycles. The summed E-state index contributed by atoms with van der Waals surface area (Å²) in [6, 6.07) is 10.5. The molecule has 136 valence electrons. The first-order valence-corrected chi connectivity index (χ1v) is 8.18. The second kappa shape index (κ2) is 6.67. The molecule has 1 fully saturated rings. The summed E-state index contributed by atoms with van der Waals surface area (Å²) < 4.78 is 18.4. The highest BCUT2D eigenvalue weighted by Gasteiger charge is 2.42. The number of hydrogen-bond acceptors (Lipinski definition) is 3. The van der Waals surface area contributed by atoms with Crippen molar-refractivity contribution in [2.45, 2.75) is 32.4 Å². The Hall–Kier alpha value is -3.09. The Balaban J connectivity index is 1.72. The highest BCUT2D eigenvalue weighted by Crippen LogP contribution is 2.34. The summed E-state index contributed by atoms with van der Waals surface area (Å²) in [5.41, 5.74) is 1.84. The van der Waals surface area contributed by atoms with E-state index in [9.17, 15) is 14.0 Å². The highest BCUT2D eigenvalue weighted by atomic mass is 19.1. The highest BCUT2D eigenvalue weighted by molar-refractivity contribution is 6.00. The number of cyclic esters (lactones) is 1. The van der Waals surface area contributed by atoms with Gasteiger partial charge in [-0.15, -0.1) is 0 Å². The van der Waals surface area contributed by atoms with Crippen LogP contribution in [-0.2, 0) is 4.74 Å². The van der Waals surface area contributed by atoms with Crippen molar-refractivity contribution in [3.63, 3.8) is 0 Å². The van der Waals surface area contributed by atoms with Crippen molar-refractivity contribution in [1.29, 1.82) is 0 Å². The number of benzene rings is 2. The molecule has 0 bridgehead atoms. The summed E-state index contributed by atoms with van der Waals surface area (Å²) in [6.07, 6.45) is -0.470. The minimum atomic E-state index is -0.691. The number of amides is 3. The first-order valence-electron chi connectivity index (χ1n) is 8.18. The fourth-order valence-corrected chi connectivity index (χ4v) is 2.95. The fourth-order valence-electron chi connectivity index (χ4n) is 2.95. The zero-order valence-corrected chi connectivity index (χ0v) is 14.7. The minimum absolute atomic E-state index is 0.320. The van der Waals surface area contributed by atoms with Gasteiger partial charge in [0.2, 0.25) is 0 Å².